The van der Waals surface area contributed by atoms with Crippen molar-refractivity contribution in [2.24, 2.45) is 0 Å². The van der Waals surface area contributed by atoms with Crippen LogP contribution in [-0.4, -0.2) is 48.2 Å². The fourth-order valence-electron chi connectivity index (χ4n) is 3.79. The van der Waals surface area contributed by atoms with Gasteiger partial charge < -0.3 is 19.9 Å². The normalized spacial score (nSPS) is 15.5. The highest BCUT2D eigenvalue weighted by atomic mass is 32.1. The van der Waals surface area contributed by atoms with Crippen LogP contribution >= 0.6 is 11.3 Å². The fourth-order valence-corrected chi connectivity index (χ4v) is 4.66. The predicted octanol–water partition coefficient (Wildman–Crippen LogP) is 4.13. The molecule has 1 fully saturated rings. The first-order valence-electron chi connectivity index (χ1n) is 10.5. The van der Waals surface area contributed by atoms with Crippen LogP contribution in [0.25, 0.3) is 10.9 Å². The molecule has 1 aliphatic heterocycles. The first kappa shape index (κ1) is 20.8. The lowest BCUT2D eigenvalue weighted by Gasteiger charge is -2.25. The molecule has 8 heteroatoms. The molecule has 1 unspecified atom stereocenters. The molecule has 30 heavy (non-hydrogen) atoms. The summed E-state index contributed by atoms with van der Waals surface area (Å²) in [5.41, 5.74) is 1.92. The number of anilines is 1. The van der Waals surface area contributed by atoms with Crippen molar-refractivity contribution in [1.29, 1.82) is 0 Å². The number of unbranched alkanes of at least 4 members (excludes halogenated alkanes) is 1. The van der Waals surface area contributed by atoms with Crippen LogP contribution in [0.2, 0.25) is 0 Å². The van der Waals surface area contributed by atoms with Crippen molar-refractivity contribution in [3.05, 3.63) is 46.9 Å². The third-order valence-corrected chi connectivity index (χ3v) is 6.49. The Kier molecular flexibility index (Phi) is 6.64. The van der Waals surface area contributed by atoms with Gasteiger partial charge in [0.05, 0.1) is 19.4 Å². The van der Waals surface area contributed by atoms with E-state index in [2.05, 4.69) is 27.1 Å². The number of amides is 1. The molecule has 6 nitrogen and oxygen atoms in total. The molecule has 4 rings (SSSR count). The summed E-state index contributed by atoms with van der Waals surface area (Å²) >= 11 is 1.42. The number of morpholine rings is 1. The van der Waals surface area contributed by atoms with Gasteiger partial charge in [0.15, 0.2) is 5.13 Å². The number of ether oxygens (including phenoxy) is 1. The van der Waals surface area contributed by atoms with Crippen molar-refractivity contribution in [2.75, 3.05) is 31.2 Å². The number of thiazole rings is 1. The van der Waals surface area contributed by atoms with Gasteiger partial charge in [0.25, 0.3) is 5.91 Å². The molecular weight excluding hydrogens is 403 g/mol. The molecule has 0 radical (unpaired) electrons. The van der Waals surface area contributed by atoms with Gasteiger partial charge >= 0.3 is 0 Å². The van der Waals surface area contributed by atoms with E-state index in [1.807, 2.05) is 6.20 Å². The highest BCUT2D eigenvalue weighted by molar-refractivity contribution is 7.17. The molecule has 0 bridgehead atoms. The smallest absolute Gasteiger partial charge is 0.263 e. The van der Waals surface area contributed by atoms with E-state index < -0.39 is 0 Å². The average molecular weight is 431 g/mol. The molecule has 3 heterocycles. The largest absolute Gasteiger partial charge is 0.378 e. The van der Waals surface area contributed by atoms with Gasteiger partial charge in [0, 0.05) is 36.2 Å². The molecule has 1 atom stereocenters. The van der Waals surface area contributed by atoms with E-state index in [1.165, 1.54) is 17.4 Å². The van der Waals surface area contributed by atoms with Crippen molar-refractivity contribution in [2.45, 2.75) is 38.6 Å². The molecule has 2 N–H and O–H groups in total. The Bertz CT molecular complexity index is 996. The van der Waals surface area contributed by atoms with Crippen molar-refractivity contribution in [1.82, 2.24) is 15.3 Å². The Hall–Kier alpha value is -2.45. The summed E-state index contributed by atoms with van der Waals surface area (Å²) in [6.45, 7) is 5.10. The molecule has 1 aromatic carbocycles. The van der Waals surface area contributed by atoms with E-state index in [1.54, 1.807) is 18.3 Å². The molecule has 0 aliphatic carbocycles. The van der Waals surface area contributed by atoms with E-state index >= 15 is 0 Å². The van der Waals surface area contributed by atoms with Gasteiger partial charge in [-0.1, -0.05) is 31.1 Å². The van der Waals surface area contributed by atoms with E-state index in [0.717, 1.165) is 53.9 Å². The zero-order valence-corrected chi connectivity index (χ0v) is 17.9. The number of hydrogen-bond donors (Lipinski definition) is 2. The molecular formula is C22H27FN4O2S. The number of H-pyrrole nitrogens is 1. The Labute approximate surface area is 179 Å². The quantitative estimate of drug-likeness (QED) is 0.564. The van der Waals surface area contributed by atoms with Crippen LogP contribution in [0.3, 0.4) is 0 Å². The molecule has 1 saturated heterocycles. The third-order valence-electron chi connectivity index (χ3n) is 5.44. The Morgan fingerprint density at radius 3 is 3.03 bits per heavy atom. The van der Waals surface area contributed by atoms with Crippen LogP contribution in [0.15, 0.2) is 30.6 Å². The summed E-state index contributed by atoms with van der Waals surface area (Å²) in [6, 6.07) is 4.73. The monoisotopic (exact) mass is 430 g/mol. The molecule has 160 valence electrons. The highest BCUT2D eigenvalue weighted by Gasteiger charge is 2.20. The van der Waals surface area contributed by atoms with Crippen molar-refractivity contribution in [3.8, 4) is 0 Å². The number of aromatic nitrogens is 2. The Morgan fingerprint density at radius 2 is 2.23 bits per heavy atom. The van der Waals surface area contributed by atoms with Crippen LogP contribution in [0.4, 0.5) is 9.52 Å². The van der Waals surface area contributed by atoms with Gasteiger partial charge in [-0.15, -0.1) is 0 Å². The second-order valence-corrected chi connectivity index (χ2v) is 8.64. The molecule has 0 saturated carbocycles. The number of hydrogen-bond acceptors (Lipinski definition) is 5. The van der Waals surface area contributed by atoms with Crippen molar-refractivity contribution in [3.63, 3.8) is 0 Å². The van der Waals surface area contributed by atoms with Crippen LogP contribution in [0.1, 0.15) is 41.4 Å². The SMILES string of the molecule is CCCCC(Cc1c[nH]c2ccc(F)cc12)NC(=O)c1cnc(N2CCOCC2)s1. The van der Waals surface area contributed by atoms with E-state index in [4.69, 9.17) is 4.74 Å². The topological polar surface area (TPSA) is 70.2 Å². The minimum absolute atomic E-state index is 0.0198. The first-order chi connectivity index (χ1) is 14.6. The fraction of sp³-hybridized carbons (Fsp3) is 0.455. The van der Waals surface area contributed by atoms with Gasteiger partial charge in [-0.2, -0.15) is 0 Å². The van der Waals surface area contributed by atoms with Crippen LogP contribution in [0.5, 0.6) is 0 Å². The minimum atomic E-state index is -0.252. The van der Waals surface area contributed by atoms with Gasteiger partial charge in [-0.05, 0) is 36.6 Å². The minimum Gasteiger partial charge on any atom is -0.378 e. The van der Waals surface area contributed by atoms with Gasteiger partial charge in [0.1, 0.15) is 10.7 Å². The number of nitrogens with zero attached hydrogens (tertiary/aromatic N) is 2. The Balaban J connectivity index is 1.46. The van der Waals surface area contributed by atoms with Crippen molar-refractivity contribution >= 4 is 33.3 Å². The number of benzene rings is 1. The first-order valence-corrected chi connectivity index (χ1v) is 11.3. The number of carbonyl (C=O) groups excluding carboxylic acids is 1. The number of aromatic amines is 1. The Morgan fingerprint density at radius 1 is 1.40 bits per heavy atom. The number of nitrogens with one attached hydrogen (secondary N) is 2. The third kappa shape index (κ3) is 4.82. The van der Waals surface area contributed by atoms with E-state index in [9.17, 15) is 9.18 Å². The second kappa shape index (κ2) is 9.57. The van der Waals surface area contributed by atoms with Crippen LogP contribution in [0, 0.1) is 5.82 Å². The maximum atomic E-state index is 13.7. The summed E-state index contributed by atoms with van der Waals surface area (Å²) < 4.78 is 19.1. The van der Waals surface area contributed by atoms with E-state index in [-0.39, 0.29) is 17.8 Å². The zero-order valence-electron chi connectivity index (χ0n) is 17.1. The van der Waals surface area contributed by atoms with E-state index in [0.29, 0.717) is 24.5 Å². The summed E-state index contributed by atoms with van der Waals surface area (Å²) in [7, 11) is 0. The summed E-state index contributed by atoms with van der Waals surface area (Å²) in [5.74, 6) is -0.350. The number of fused-ring (bicyclic) bond motifs is 1. The van der Waals surface area contributed by atoms with Crippen molar-refractivity contribution < 1.29 is 13.9 Å². The lowest BCUT2D eigenvalue weighted by molar-refractivity contribution is 0.0938. The maximum absolute atomic E-state index is 13.7. The predicted molar refractivity (Wildman–Crippen MR) is 118 cm³/mol. The number of rotatable bonds is 8. The highest BCUT2D eigenvalue weighted by Crippen LogP contribution is 2.25. The molecule has 1 amide bonds. The molecule has 1 aliphatic rings. The standard InChI is InChI=1S/C22H27FN4O2S/c1-2-3-4-17(11-15-13-24-19-6-5-16(23)12-18(15)19)26-21(28)20-14-25-22(30-20)27-7-9-29-10-8-27/h5-6,12-14,17,24H,2-4,7-11H2,1H3,(H,26,28). The molecule has 2 aromatic heterocycles. The van der Waals surface area contributed by atoms with Crippen LogP contribution in [-0.2, 0) is 11.2 Å². The lowest BCUT2D eigenvalue weighted by Crippen LogP contribution is -2.36. The lowest BCUT2D eigenvalue weighted by atomic mass is 10.0. The maximum Gasteiger partial charge on any atom is 0.263 e. The van der Waals surface area contributed by atoms with Gasteiger partial charge in [-0.3, -0.25) is 4.79 Å². The zero-order chi connectivity index (χ0) is 20.9. The molecule has 0 spiro atoms. The van der Waals surface area contributed by atoms with Crippen LogP contribution < -0.4 is 10.2 Å². The average Bonchev–Trinajstić information content (AvgIpc) is 3.40. The summed E-state index contributed by atoms with van der Waals surface area (Å²) in [5, 5.41) is 4.92. The van der Waals surface area contributed by atoms with Gasteiger partial charge in [0.2, 0.25) is 0 Å². The summed E-state index contributed by atoms with van der Waals surface area (Å²) in [6.07, 6.45) is 7.17. The van der Waals surface area contributed by atoms with Gasteiger partial charge in [-0.25, -0.2) is 9.37 Å². The summed E-state index contributed by atoms with van der Waals surface area (Å²) in [4.78, 5) is 23.3. The molecule has 3 aromatic rings. The number of halogens is 1. The number of carbonyl (C=O) groups is 1. The second-order valence-electron chi connectivity index (χ2n) is 7.63.